The second-order valence-corrected chi connectivity index (χ2v) is 21.3. The summed E-state index contributed by atoms with van der Waals surface area (Å²) in [6.45, 7) is 8.95. The van der Waals surface area contributed by atoms with Crippen molar-refractivity contribution >= 4 is 57.3 Å². The average Bonchev–Trinajstić information content (AvgIpc) is 4.11. The molecular formula is C44H56FN7O12S4. The fourth-order valence-electron chi connectivity index (χ4n) is 8.69. The Kier molecular flexibility index (Phi) is 18.6. The topological polar surface area (TPSA) is 255 Å². The third-order valence-electron chi connectivity index (χ3n) is 12.0. The number of aryl methyl sites for hydroxylation is 3. The lowest BCUT2D eigenvalue weighted by Gasteiger charge is -2.39. The van der Waals surface area contributed by atoms with E-state index in [0.717, 1.165) is 94.8 Å². The van der Waals surface area contributed by atoms with Crippen molar-refractivity contribution in [2.24, 2.45) is 0 Å². The third-order valence-corrected chi connectivity index (χ3v) is 15.5. The monoisotopic (exact) mass is 1020 g/mol. The minimum absolute atomic E-state index is 0.00422. The standard InChI is InChI=1S/C23H28FN3O2S.C10H14N2O4S2.C9H12N2O2S.C2H2O4/c1-15-20(22(28)27-10-11-30-23(27)25-15)8-9-26-17-6-7-18(26)13-19(12-17)29-14-16-4-2-3-5-21(16)24;1-7-8(3-5-16-18(2,14)15)9(13)12-4-6-17-10(12)11-7;1-6-7(2-4-12)8(13)11-3-5-14-9(11)10-6;3-1(4)2(5)6/h2-5,17-19H,6-14H2,1H3;3-6H2,1-2H3;12H,2-5H2,1H3;(H,3,4)(H,5,6). The Morgan fingerprint density at radius 1 is 0.735 bits per heavy atom. The van der Waals surface area contributed by atoms with Gasteiger partial charge in [0.2, 0.25) is 0 Å². The number of aliphatic carboxylic acids is 2. The highest BCUT2D eigenvalue weighted by Crippen LogP contribution is 2.37. The van der Waals surface area contributed by atoms with Crippen molar-refractivity contribution in [1.82, 2.24) is 33.6 Å². The highest BCUT2D eigenvalue weighted by atomic mass is 32.2. The quantitative estimate of drug-likeness (QED) is 0.105. The van der Waals surface area contributed by atoms with E-state index in [1.807, 2.05) is 24.5 Å². The molecule has 0 spiro atoms. The minimum atomic E-state index is -3.46. The van der Waals surface area contributed by atoms with Crippen LogP contribution >= 0.6 is 35.3 Å². The Labute approximate surface area is 405 Å². The van der Waals surface area contributed by atoms with Crippen molar-refractivity contribution in [1.29, 1.82) is 0 Å². The number of hydrogen-bond acceptors (Lipinski definition) is 17. The first-order valence-electron chi connectivity index (χ1n) is 22.1. The van der Waals surface area contributed by atoms with Crippen LogP contribution in [0.15, 0.2) is 54.1 Å². The van der Waals surface area contributed by atoms with Gasteiger partial charge >= 0.3 is 11.9 Å². The molecule has 9 rings (SSSR count). The van der Waals surface area contributed by atoms with Crippen molar-refractivity contribution < 1.29 is 46.6 Å². The van der Waals surface area contributed by atoms with Gasteiger partial charge in [-0.2, -0.15) is 8.42 Å². The molecular weight excluding hydrogens is 966 g/mol. The zero-order chi connectivity index (χ0) is 49.3. The van der Waals surface area contributed by atoms with Crippen molar-refractivity contribution in [2.45, 2.75) is 126 Å². The van der Waals surface area contributed by atoms with Crippen LogP contribution in [0.2, 0.25) is 0 Å². The molecule has 5 aliphatic heterocycles. The molecule has 2 bridgehead atoms. The summed E-state index contributed by atoms with van der Waals surface area (Å²) in [5.41, 5.74) is 5.07. The molecule has 5 aliphatic rings. The molecule has 0 aliphatic carbocycles. The minimum Gasteiger partial charge on any atom is -0.473 e. The molecule has 0 amide bonds. The second-order valence-electron chi connectivity index (χ2n) is 16.5. The lowest BCUT2D eigenvalue weighted by atomic mass is 9.98. The largest absolute Gasteiger partial charge is 0.473 e. The number of carbonyl (C=O) groups is 2. The summed E-state index contributed by atoms with van der Waals surface area (Å²) in [4.78, 5) is 71.0. The maximum Gasteiger partial charge on any atom is 0.414 e. The van der Waals surface area contributed by atoms with Crippen LogP contribution in [0.1, 0.15) is 65.0 Å². The van der Waals surface area contributed by atoms with Gasteiger partial charge in [0.1, 0.15) is 5.82 Å². The smallest absolute Gasteiger partial charge is 0.414 e. The SMILES string of the molecule is Cc1nc2n(c(=O)c1CCN1C3CCC1CC(OCc1ccccc1F)C3)CCS2.Cc1nc2n(c(=O)c1CCO)CCS2.Cc1nc2n(c(=O)c1CCOS(C)(=O)=O)CCS2.O=C(O)C(=O)O. The van der Waals surface area contributed by atoms with Crippen LogP contribution in [-0.2, 0) is 74.1 Å². The van der Waals surface area contributed by atoms with Crippen molar-refractivity contribution in [3.63, 3.8) is 0 Å². The van der Waals surface area contributed by atoms with E-state index in [0.29, 0.717) is 54.0 Å². The number of aromatic nitrogens is 6. The Morgan fingerprint density at radius 3 is 1.60 bits per heavy atom. The van der Waals surface area contributed by atoms with E-state index in [2.05, 4.69) is 24.0 Å². The van der Waals surface area contributed by atoms with E-state index in [-0.39, 0.29) is 48.2 Å². The first kappa shape index (κ1) is 52.9. The highest BCUT2D eigenvalue weighted by molar-refractivity contribution is 7.99. The number of carboxylic acid groups (broad SMARTS) is 2. The van der Waals surface area contributed by atoms with Gasteiger partial charge in [-0.05, 0) is 58.9 Å². The van der Waals surface area contributed by atoms with E-state index in [9.17, 15) is 27.2 Å². The van der Waals surface area contributed by atoms with Gasteiger partial charge in [0.15, 0.2) is 15.5 Å². The molecule has 2 saturated heterocycles. The van der Waals surface area contributed by atoms with Crippen molar-refractivity contribution in [3.05, 3.63) is 100 Å². The molecule has 4 aromatic rings. The van der Waals surface area contributed by atoms with Gasteiger partial charge in [0.05, 0.1) is 25.6 Å². The zero-order valence-corrected chi connectivity index (χ0v) is 41.5. The number of thioether (sulfide) groups is 3. The van der Waals surface area contributed by atoms with Crippen LogP contribution in [0.25, 0.3) is 0 Å². The number of aliphatic hydroxyl groups excluding tert-OH is 1. The summed E-state index contributed by atoms with van der Waals surface area (Å²) in [6, 6.07) is 7.84. The molecule has 0 saturated carbocycles. The third kappa shape index (κ3) is 13.5. The number of benzene rings is 1. The van der Waals surface area contributed by atoms with Gasteiger partial charge in [-0.3, -0.25) is 37.2 Å². The van der Waals surface area contributed by atoms with Crippen LogP contribution in [0.5, 0.6) is 0 Å². The van der Waals surface area contributed by atoms with Crippen LogP contribution in [-0.4, -0.2) is 131 Å². The lowest BCUT2D eigenvalue weighted by Crippen LogP contribution is -2.46. The molecule has 24 heteroatoms. The van der Waals surface area contributed by atoms with E-state index in [4.69, 9.17) is 29.6 Å². The number of piperidine rings is 1. The molecule has 2 fully saturated rings. The van der Waals surface area contributed by atoms with E-state index >= 15 is 0 Å². The molecule has 2 atom stereocenters. The van der Waals surface area contributed by atoms with Crippen LogP contribution < -0.4 is 16.7 Å². The number of halogens is 1. The summed E-state index contributed by atoms with van der Waals surface area (Å²) in [5.74, 6) is -1.13. The fraction of sp³-hybridized carbons (Fsp3) is 0.545. The average molecular weight is 1020 g/mol. The number of nitrogens with zero attached hydrogens (tertiary/aromatic N) is 7. The normalized spacial score (nSPS) is 18.8. The maximum absolute atomic E-state index is 13.9. The van der Waals surface area contributed by atoms with E-state index < -0.39 is 22.1 Å². The first-order valence-corrected chi connectivity index (χ1v) is 26.9. The van der Waals surface area contributed by atoms with Gasteiger partial charge in [-0.15, -0.1) is 0 Å². The number of hydrogen-bond donors (Lipinski definition) is 3. The number of fused-ring (bicyclic) bond motifs is 5. The number of aliphatic hydroxyl groups is 1. The Balaban J connectivity index is 0.000000170. The maximum atomic E-state index is 13.9. The molecule has 8 heterocycles. The fourth-order valence-corrected chi connectivity index (χ4v) is 12.0. The van der Waals surface area contributed by atoms with E-state index in [1.165, 1.54) is 18.9 Å². The summed E-state index contributed by atoms with van der Waals surface area (Å²) in [7, 11) is -3.46. The predicted molar refractivity (Wildman–Crippen MR) is 254 cm³/mol. The summed E-state index contributed by atoms with van der Waals surface area (Å²) in [6.07, 6.45) is 6.94. The number of carboxylic acids is 2. The predicted octanol–water partition coefficient (Wildman–Crippen LogP) is 3.08. The Bertz CT molecular complexity index is 2760. The molecule has 3 N–H and O–H groups in total. The zero-order valence-electron chi connectivity index (χ0n) is 38.2. The van der Waals surface area contributed by atoms with Gasteiger partial charge in [0.25, 0.3) is 26.8 Å². The summed E-state index contributed by atoms with van der Waals surface area (Å²) >= 11 is 4.84. The Hall–Kier alpha value is -4.43. The molecule has 3 aromatic heterocycles. The molecule has 19 nitrogen and oxygen atoms in total. The summed E-state index contributed by atoms with van der Waals surface area (Å²) < 4.78 is 51.5. The molecule has 0 radical (unpaired) electrons. The van der Waals surface area contributed by atoms with Crippen LogP contribution in [0.3, 0.4) is 0 Å². The molecule has 68 heavy (non-hydrogen) atoms. The van der Waals surface area contributed by atoms with Gasteiger partial charge in [-0.25, -0.2) is 28.9 Å². The van der Waals surface area contributed by atoms with Gasteiger partial charge in [0, 0.05) is 114 Å². The van der Waals surface area contributed by atoms with E-state index in [1.54, 1.807) is 63.5 Å². The summed E-state index contributed by atoms with van der Waals surface area (Å²) in [5, 5.41) is 26.0. The molecule has 2 unspecified atom stereocenters. The van der Waals surface area contributed by atoms with Gasteiger partial charge in [-0.1, -0.05) is 53.5 Å². The molecule has 1 aromatic carbocycles. The lowest BCUT2D eigenvalue weighted by molar-refractivity contribution is -0.159. The van der Waals surface area contributed by atoms with Crippen molar-refractivity contribution in [3.8, 4) is 0 Å². The molecule has 370 valence electrons. The Morgan fingerprint density at radius 2 is 1.18 bits per heavy atom. The van der Waals surface area contributed by atoms with Crippen LogP contribution in [0.4, 0.5) is 4.39 Å². The second kappa shape index (κ2) is 23.9. The first-order chi connectivity index (χ1) is 32.4. The van der Waals surface area contributed by atoms with Crippen LogP contribution in [0, 0.1) is 26.6 Å². The number of ether oxygens (including phenoxy) is 1. The number of rotatable bonds is 12. The van der Waals surface area contributed by atoms with Gasteiger partial charge < -0.3 is 20.1 Å². The van der Waals surface area contributed by atoms with Crippen molar-refractivity contribution in [2.75, 3.05) is 43.3 Å². The highest BCUT2D eigenvalue weighted by Gasteiger charge is 2.41.